The molecule has 0 spiro atoms. The van der Waals surface area contributed by atoms with Crippen molar-refractivity contribution < 1.29 is 13.7 Å². The van der Waals surface area contributed by atoms with E-state index in [0.29, 0.717) is 35.6 Å². The van der Waals surface area contributed by atoms with Crippen LogP contribution < -0.4 is 5.32 Å². The predicted octanol–water partition coefficient (Wildman–Crippen LogP) is 3.46. The number of hydrogen-bond acceptors (Lipinski definition) is 6. The molecular weight excluding hydrogens is 358 g/mol. The van der Waals surface area contributed by atoms with Gasteiger partial charge in [-0.25, -0.2) is 23.7 Å². The van der Waals surface area contributed by atoms with Gasteiger partial charge in [0.2, 0.25) is 5.95 Å². The molecule has 0 bridgehead atoms. The summed E-state index contributed by atoms with van der Waals surface area (Å²) in [5, 5.41) is 14.0. The molecule has 1 unspecified atom stereocenters. The second-order valence-electron chi connectivity index (χ2n) is 6.25. The molecule has 0 amide bonds. The third-order valence-corrected chi connectivity index (χ3v) is 4.52. The van der Waals surface area contributed by atoms with Crippen LogP contribution in [0.5, 0.6) is 0 Å². The molecule has 10 heteroatoms. The number of benzene rings is 1. The molecular formula is C17H14F2N6O2. The summed E-state index contributed by atoms with van der Waals surface area (Å²) in [6.45, 7) is 1.52. The molecule has 0 aliphatic heterocycles. The molecule has 3 aromatic rings. The second kappa shape index (κ2) is 6.38. The highest BCUT2D eigenvalue weighted by Gasteiger charge is 2.27. The van der Waals surface area contributed by atoms with Gasteiger partial charge in [0, 0.05) is 12.3 Å². The molecule has 0 fully saturated rings. The van der Waals surface area contributed by atoms with Crippen LogP contribution in [0, 0.1) is 28.7 Å². The van der Waals surface area contributed by atoms with Crippen LogP contribution in [0.1, 0.15) is 29.3 Å². The summed E-state index contributed by atoms with van der Waals surface area (Å²) in [6, 6.07) is 1.94. The first-order valence-electron chi connectivity index (χ1n) is 8.20. The number of rotatable bonds is 4. The minimum atomic E-state index is -0.616. The summed E-state index contributed by atoms with van der Waals surface area (Å²) >= 11 is 0. The predicted molar refractivity (Wildman–Crippen MR) is 92.0 cm³/mol. The Bertz CT molecular complexity index is 1050. The summed E-state index contributed by atoms with van der Waals surface area (Å²) in [4.78, 5) is 25.6. The SMILES string of the molecule is Cc1nc(-c2c[nH]c(NC3CCc4c(F)cc(F)cc43)n2)ncc1[N+](=O)[O-]. The summed E-state index contributed by atoms with van der Waals surface area (Å²) in [6.07, 6.45) is 3.82. The molecule has 4 rings (SSSR count). The van der Waals surface area contributed by atoms with Gasteiger partial charge in [-0.05, 0) is 37.0 Å². The average molecular weight is 372 g/mol. The maximum absolute atomic E-state index is 13.9. The topological polar surface area (TPSA) is 110 Å². The molecule has 8 nitrogen and oxygen atoms in total. The number of nitro groups is 1. The summed E-state index contributed by atoms with van der Waals surface area (Å²) in [7, 11) is 0. The molecule has 138 valence electrons. The van der Waals surface area contributed by atoms with Gasteiger partial charge in [0.05, 0.1) is 11.0 Å². The number of anilines is 1. The highest BCUT2D eigenvalue weighted by molar-refractivity contribution is 5.54. The van der Waals surface area contributed by atoms with E-state index in [2.05, 4.69) is 25.3 Å². The smallest absolute Gasteiger partial charge is 0.308 e. The van der Waals surface area contributed by atoms with Gasteiger partial charge >= 0.3 is 5.69 Å². The molecule has 1 atom stereocenters. The van der Waals surface area contributed by atoms with Crippen molar-refractivity contribution in [2.75, 3.05) is 5.32 Å². The number of halogens is 2. The van der Waals surface area contributed by atoms with E-state index in [-0.39, 0.29) is 23.2 Å². The van der Waals surface area contributed by atoms with Gasteiger partial charge in [-0.3, -0.25) is 10.1 Å². The molecule has 0 radical (unpaired) electrons. The number of H-pyrrole nitrogens is 1. The number of fused-ring (bicyclic) bond motifs is 1. The Kier molecular flexibility index (Phi) is 4.02. The largest absolute Gasteiger partial charge is 0.349 e. The zero-order valence-electron chi connectivity index (χ0n) is 14.2. The first-order chi connectivity index (χ1) is 12.9. The lowest BCUT2D eigenvalue weighted by molar-refractivity contribution is -0.386. The van der Waals surface area contributed by atoms with E-state index in [1.54, 1.807) is 6.20 Å². The highest BCUT2D eigenvalue weighted by atomic mass is 19.1. The molecule has 2 N–H and O–H groups in total. The number of imidazole rings is 1. The van der Waals surface area contributed by atoms with Crippen LogP contribution >= 0.6 is 0 Å². The van der Waals surface area contributed by atoms with Gasteiger partial charge < -0.3 is 10.3 Å². The van der Waals surface area contributed by atoms with E-state index in [4.69, 9.17) is 0 Å². The fraction of sp³-hybridized carbons (Fsp3) is 0.235. The van der Waals surface area contributed by atoms with E-state index in [1.165, 1.54) is 13.0 Å². The number of nitrogens with one attached hydrogen (secondary N) is 2. The van der Waals surface area contributed by atoms with Gasteiger partial charge in [-0.2, -0.15) is 0 Å². The zero-order valence-corrected chi connectivity index (χ0v) is 14.2. The van der Waals surface area contributed by atoms with Gasteiger partial charge in [0.1, 0.15) is 29.2 Å². The molecule has 27 heavy (non-hydrogen) atoms. The Balaban J connectivity index is 1.57. The lowest BCUT2D eigenvalue weighted by Gasteiger charge is -2.13. The molecule has 0 saturated heterocycles. The Labute approximate surface area is 151 Å². The van der Waals surface area contributed by atoms with Crippen LogP contribution in [-0.4, -0.2) is 24.9 Å². The van der Waals surface area contributed by atoms with Crippen LogP contribution in [0.4, 0.5) is 20.4 Å². The minimum Gasteiger partial charge on any atom is -0.349 e. The first-order valence-corrected chi connectivity index (χ1v) is 8.20. The van der Waals surface area contributed by atoms with Crippen molar-refractivity contribution in [3.8, 4) is 11.5 Å². The van der Waals surface area contributed by atoms with Crippen LogP contribution in [0.3, 0.4) is 0 Å². The second-order valence-corrected chi connectivity index (χ2v) is 6.25. The normalized spacial score (nSPS) is 15.6. The molecule has 1 aromatic carbocycles. The van der Waals surface area contributed by atoms with Crippen molar-refractivity contribution in [3.05, 3.63) is 63.1 Å². The van der Waals surface area contributed by atoms with Crippen LogP contribution in [0.2, 0.25) is 0 Å². The van der Waals surface area contributed by atoms with Gasteiger partial charge in [0.25, 0.3) is 0 Å². The van der Waals surface area contributed by atoms with Crippen molar-refractivity contribution in [3.63, 3.8) is 0 Å². The number of aromatic amines is 1. The minimum absolute atomic E-state index is 0.167. The van der Waals surface area contributed by atoms with E-state index < -0.39 is 16.6 Å². The van der Waals surface area contributed by atoms with Crippen LogP contribution in [-0.2, 0) is 6.42 Å². The van der Waals surface area contributed by atoms with Crippen LogP contribution in [0.25, 0.3) is 11.5 Å². The third kappa shape index (κ3) is 3.09. The zero-order chi connectivity index (χ0) is 19.1. The number of nitrogens with zero attached hydrogens (tertiary/aromatic N) is 4. The van der Waals surface area contributed by atoms with Crippen molar-refractivity contribution in [1.29, 1.82) is 0 Å². The van der Waals surface area contributed by atoms with E-state index in [1.807, 2.05) is 0 Å². The Hall–Kier alpha value is -3.43. The van der Waals surface area contributed by atoms with E-state index in [0.717, 1.165) is 12.3 Å². The summed E-state index contributed by atoms with van der Waals surface area (Å²) in [5.41, 5.74) is 1.56. The Morgan fingerprint density at radius 2 is 2.15 bits per heavy atom. The third-order valence-electron chi connectivity index (χ3n) is 4.52. The van der Waals surface area contributed by atoms with E-state index >= 15 is 0 Å². The van der Waals surface area contributed by atoms with E-state index in [9.17, 15) is 18.9 Å². The van der Waals surface area contributed by atoms with Gasteiger partial charge in [-0.15, -0.1) is 0 Å². The molecule has 1 aliphatic carbocycles. The number of hydrogen-bond donors (Lipinski definition) is 2. The molecule has 0 saturated carbocycles. The van der Waals surface area contributed by atoms with Crippen molar-refractivity contribution >= 4 is 11.6 Å². The Morgan fingerprint density at radius 3 is 2.89 bits per heavy atom. The highest BCUT2D eigenvalue weighted by Crippen LogP contribution is 2.35. The number of aryl methyl sites for hydroxylation is 1. The fourth-order valence-corrected chi connectivity index (χ4v) is 3.23. The molecule has 1 aliphatic rings. The van der Waals surface area contributed by atoms with Crippen molar-refractivity contribution in [1.82, 2.24) is 19.9 Å². The Morgan fingerprint density at radius 1 is 1.33 bits per heavy atom. The first kappa shape index (κ1) is 17.0. The van der Waals surface area contributed by atoms with Crippen LogP contribution in [0.15, 0.2) is 24.5 Å². The summed E-state index contributed by atoms with van der Waals surface area (Å²) in [5.74, 6) is -0.516. The number of aromatic nitrogens is 4. The lowest BCUT2D eigenvalue weighted by Crippen LogP contribution is -2.09. The quantitative estimate of drug-likeness (QED) is 0.536. The standard InChI is InChI=1S/C17H14F2N6O2/c1-8-15(25(26)27)7-20-16(22-8)14-6-21-17(24-14)23-13-3-2-10-11(13)4-9(18)5-12(10)19/h4-7,13H,2-3H2,1H3,(H2,21,23,24). The fourth-order valence-electron chi connectivity index (χ4n) is 3.23. The molecule has 2 aromatic heterocycles. The monoisotopic (exact) mass is 372 g/mol. The van der Waals surface area contributed by atoms with Crippen molar-refractivity contribution in [2.45, 2.75) is 25.8 Å². The average Bonchev–Trinajstić information content (AvgIpc) is 3.23. The van der Waals surface area contributed by atoms with Crippen molar-refractivity contribution in [2.24, 2.45) is 0 Å². The van der Waals surface area contributed by atoms with Gasteiger partial charge in [-0.1, -0.05) is 0 Å². The maximum atomic E-state index is 13.9. The molecule has 2 heterocycles. The summed E-state index contributed by atoms with van der Waals surface area (Å²) < 4.78 is 27.4. The lowest BCUT2D eigenvalue weighted by atomic mass is 10.1. The van der Waals surface area contributed by atoms with Gasteiger partial charge in [0.15, 0.2) is 5.82 Å². The maximum Gasteiger partial charge on any atom is 0.308 e.